The third-order valence-corrected chi connectivity index (χ3v) is 5.81. The van der Waals surface area contributed by atoms with Crippen LogP contribution in [-0.2, 0) is 4.79 Å². The van der Waals surface area contributed by atoms with Crippen molar-refractivity contribution in [2.75, 3.05) is 5.01 Å². The van der Waals surface area contributed by atoms with Crippen LogP contribution in [-0.4, -0.2) is 28.2 Å². The Labute approximate surface area is 186 Å². The van der Waals surface area contributed by atoms with E-state index in [9.17, 15) is 9.59 Å². The van der Waals surface area contributed by atoms with E-state index in [4.69, 9.17) is 5.10 Å². The van der Waals surface area contributed by atoms with E-state index in [1.165, 1.54) is 10.0 Å². The van der Waals surface area contributed by atoms with Crippen molar-refractivity contribution in [3.05, 3.63) is 102 Å². The fourth-order valence-corrected chi connectivity index (χ4v) is 4.25. The summed E-state index contributed by atoms with van der Waals surface area (Å²) in [6, 6.07) is 28.0. The number of nitrogens with zero attached hydrogens (tertiary/aromatic N) is 4. The molecule has 3 aromatic carbocycles. The number of rotatable bonds is 4. The molecule has 2 heterocycles. The molecule has 2 aliphatic heterocycles. The van der Waals surface area contributed by atoms with E-state index < -0.39 is 5.92 Å². The Bertz CT molecular complexity index is 1210. The summed E-state index contributed by atoms with van der Waals surface area (Å²) in [7, 11) is 0. The van der Waals surface area contributed by atoms with E-state index in [1.54, 1.807) is 12.1 Å². The molecule has 3 aromatic rings. The van der Waals surface area contributed by atoms with Crippen LogP contribution in [0.1, 0.15) is 35.3 Å². The Morgan fingerprint density at radius 2 is 1.44 bits per heavy atom. The van der Waals surface area contributed by atoms with Gasteiger partial charge in [-0.3, -0.25) is 9.59 Å². The van der Waals surface area contributed by atoms with Crippen LogP contribution in [0.3, 0.4) is 0 Å². The van der Waals surface area contributed by atoms with Crippen LogP contribution in [0.25, 0.3) is 0 Å². The van der Waals surface area contributed by atoms with Crippen molar-refractivity contribution in [2.24, 2.45) is 16.1 Å². The van der Waals surface area contributed by atoms with Gasteiger partial charge in [0.1, 0.15) is 5.92 Å². The van der Waals surface area contributed by atoms with Crippen LogP contribution in [0.2, 0.25) is 0 Å². The zero-order valence-corrected chi connectivity index (χ0v) is 17.6. The average molecular weight is 422 g/mol. The predicted molar refractivity (Wildman–Crippen MR) is 124 cm³/mol. The zero-order valence-electron chi connectivity index (χ0n) is 17.6. The number of anilines is 1. The molecule has 0 N–H and O–H groups in total. The lowest BCUT2D eigenvalue weighted by Crippen LogP contribution is -2.32. The maximum Gasteiger partial charge on any atom is 0.274 e. The van der Waals surface area contributed by atoms with Crippen molar-refractivity contribution in [3.8, 4) is 0 Å². The third-order valence-electron chi connectivity index (χ3n) is 5.81. The second kappa shape index (κ2) is 8.23. The molecule has 32 heavy (non-hydrogen) atoms. The molecule has 6 nitrogen and oxygen atoms in total. The largest absolute Gasteiger partial charge is 0.274 e. The van der Waals surface area contributed by atoms with Gasteiger partial charge in [0.15, 0.2) is 0 Å². The van der Waals surface area contributed by atoms with E-state index >= 15 is 0 Å². The van der Waals surface area contributed by atoms with Gasteiger partial charge in [-0.2, -0.15) is 15.2 Å². The lowest BCUT2D eigenvalue weighted by molar-refractivity contribution is -0.118. The molecule has 0 aliphatic carbocycles. The quantitative estimate of drug-likeness (QED) is 0.613. The first-order valence-corrected chi connectivity index (χ1v) is 10.6. The first-order chi connectivity index (χ1) is 15.6. The number of amides is 2. The topological polar surface area (TPSA) is 65.3 Å². The van der Waals surface area contributed by atoms with Crippen LogP contribution >= 0.6 is 0 Å². The van der Waals surface area contributed by atoms with Gasteiger partial charge >= 0.3 is 0 Å². The van der Waals surface area contributed by atoms with Crippen molar-refractivity contribution >= 4 is 28.9 Å². The van der Waals surface area contributed by atoms with Crippen molar-refractivity contribution in [1.29, 1.82) is 0 Å². The fourth-order valence-electron chi connectivity index (χ4n) is 4.25. The molecule has 0 spiro atoms. The van der Waals surface area contributed by atoms with E-state index in [1.807, 2.05) is 85.8 Å². The molecule has 158 valence electrons. The second-order valence-electron chi connectivity index (χ2n) is 7.90. The molecule has 5 rings (SSSR count). The summed E-state index contributed by atoms with van der Waals surface area (Å²) in [5.74, 6) is -0.905. The fraction of sp³-hybridized carbons (Fsp3) is 0.154. The molecule has 2 aliphatic rings. The Kier molecular flexibility index (Phi) is 5.11. The first kappa shape index (κ1) is 19.9. The standard InChI is InChI=1S/C26H22N4O2/c1-18-24(26(32)29(27-18)21-15-9-4-10-16-21)22-17-23(19-11-5-2-6-12-19)30(28-22)25(31)20-13-7-3-8-14-20/h2-16,23-24H,17H2,1H3. The smallest absolute Gasteiger partial charge is 0.271 e. The molecule has 0 saturated heterocycles. The molecule has 6 heteroatoms. The molecular formula is C26H22N4O2. The summed E-state index contributed by atoms with van der Waals surface area (Å²) in [6.07, 6.45) is 0.481. The molecule has 0 bridgehead atoms. The van der Waals surface area contributed by atoms with E-state index in [2.05, 4.69) is 5.10 Å². The Balaban J connectivity index is 1.50. The van der Waals surface area contributed by atoms with Gasteiger partial charge in [0.25, 0.3) is 11.8 Å². The molecule has 2 unspecified atom stereocenters. The summed E-state index contributed by atoms with van der Waals surface area (Å²) < 4.78 is 0. The minimum Gasteiger partial charge on any atom is -0.271 e. The number of benzene rings is 3. The SMILES string of the molecule is CC1=NN(c2ccccc2)C(=O)C1C1=NN(C(=O)c2ccccc2)C(c2ccccc2)C1. The van der Waals surface area contributed by atoms with Gasteiger partial charge in [0, 0.05) is 12.0 Å². The van der Waals surface area contributed by atoms with Crippen molar-refractivity contribution in [3.63, 3.8) is 0 Å². The molecule has 0 saturated carbocycles. The molecule has 2 atom stereocenters. The highest BCUT2D eigenvalue weighted by Crippen LogP contribution is 2.36. The second-order valence-corrected chi connectivity index (χ2v) is 7.90. The van der Waals surface area contributed by atoms with Crippen LogP contribution in [0.15, 0.2) is 101 Å². The van der Waals surface area contributed by atoms with Gasteiger partial charge < -0.3 is 0 Å². The monoisotopic (exact) mass is 422 g/mol. The van der Waals surface area contributed by atoms with Gasteiger partial charge in [0.2, 0.25) is 0 Å². The Morgan fingerprint density at radius 1 is 0.844 bits per heavy atom. The predicted octanol–water partition coefficient (Wildman–Crippen LogP) is 4.67. The van der Waals surface area contributed by atoms with E-state index in [-0.39, 0.29) is 17.9 Å². The van der Waals surface area contributed by atoms with Gasteiger partial charge in [-0.25, -0.2) is 5.01 Å². The lowest BCUT2D eigenvalue weighted by Gasteiger charge is -2.22. The highest BCUT2D eigenvalue weighted by Gasteiger charge is 2.43. The maximum absolute atomic E-state index is 13.3. The third kappa shape index (κ3) is 3.50. The molecule has 0 aromatic heterocycles. The normalized spacial score (nSPS) is 20.3. The van der Waals surface area contributed by atoms with Crippen LogP contribution in [0.4, 0.5) is 5.69 Å². The number of hydrogen-bond donors (Lipinski definition) is 0. The minimum absolute atomic E-state index is 0.145. The van der Waals surface area contributed by atoms with Gasteiger partial charge in [-0.15, -0.1) is 0 Å². The highest BCUT2D eigenvalue weighted by molar-refractivity contribution is 6.28. The van der Waals surface area contributed by atoms with Crippen molar-refractivity contribution in [1.82, 2.24) is 5.01 Å². The van der Waals surface area contributed by atoms with Gasteiger partial charge in [-0.1, -0.05) is 66.7 Å². The highest BCUT2D eigenvalue weighted by atomic mass is 16.2. The number of para-hydroxylation sites is 1. The maximum atomic E-state index is 13.3. The minimum atomic E-state index is -0.574. The Morgan fingerprint density at radius 3 is 2.09 bits per heavy atom. The van der Waals surface area contributed by atoms with Crippen LogP contribution in [0, 0.1) is 5.92 Å². The summed E-state index contributed by atoms with van der Waals surface area (Å²) >= 11 is 0. The summed E-state index contributed by atoms with van der Waals surface area (Å²) in [6.45, 7) is 1.84. The molecular weight excluding hydrogens is 400 g/mol. The zero-order chi connectivity index (χ0) is 22.1. The average Bonchev–Trinajstić information content (AvgIpc) is 3.41. The van der Waals surface area contributed by atoms with Gasteiger partial charge in [-0.05, 0) is 36.8 Å². The molecule has 0 fully saturated rings. The number of carbonyl (C=O) groups excluding carboxylic acids is 2. The molecule has 2 amide bonds. The van der Waals surface area contributed by atoms with Crippen molar-refractivity contribution < 1.29 is 9.59 Å². The lowest BCUT2D eigenvalue weighted by atomic mass is 9.92. The number of hydrogen-bond acceptors (Lipinski definition) is 4. The summed E-state index contributed by atoms with van der Waals surface area (Å²) in [5.41, 5.74) is 3.60. The molecule has 0 radical (unpaired) electrons. The van der Waals surface area contributed by atoms with Crippen LogP contribution < -0.4 is 5.01 Å². The summed E-state index contributed by atoms with van der Waals surface area (Å²) in [5, 5.41) is 12.2. The van der Waals surface area contributed by atoms with Crippen LogP contribution in [0.5, 0.6) is 0 Å². The Hall–Kier alpha value is -4.06. The first-order valence-electron chi connectivity index (χ1n) is 10.6. The van der Waals surface area contributed by atoms with Gasteiger partial charge in [0.05, 0.1) is 23.2 Å². The van der Waals surface area contributed by atoms with Crippen molar-refractivity contribution in [2.45, 2.75) is 19.4 Å². The van der Waals surface area contributed by atoms with E-state index in [0.29, 0.717) is 23.4 Å². The number of carbonyl (C=O) groups is 2. The summed E-state index contributed by atoms with van der Waals surface area (Å²) in [4.78, 5) is 26.7. The van der Waals surface area contributed by atoms with E-state index in [0.717, 1.165) is 11.3 Å². The number of hydrazone groups is 2.